The Kier molecular flexibility index (Phi) is 13.5. The Morgan fingerprint density at radius 1 is 0.667 bits per heavy atom. The molecule has 1 fully saturated rings. The van der Waals surface area contributed by atoms with E-state index in [4.69, 9.17) is 9.47 Å². The van der Waals surface area contributed by atoms with Crippen LogP contribution in [0.1, 0.15) is 57.3 Å². The molecule has 8 aromatic carbocycles. The Morgan fingerprint density at radius 2 is 1.29 bits per heavy atom. The minimum atomic E-state index is -4.05. The molecule has 0 spiro atoms. The molecule has 0 bridgehead atoms. The molecule has 1 aliphatic rings. The van der Waals surface area contributed by atoms with E-state index in [2.05, 4.69) is 88.7 Å². The largest absolute Gasteiger partial charge is 0.392 e. The van der Waals surface area contributed by atoms with Crippen molar-refractivity contribution in [3.05, 3.63) is 227 Å². The Morgan fingerprint density at radius 3 is 1.95 bits per heavy atom. The lowest BCUT2D eigenvalue weighted by atomic mass is 9.83. The van der Waals surface area contributed by atoms with Gasteiger partial charge in [-0.2, -0.15) is 4.72 Å². The van der Waals surface area contributed by atoms with Crippen molar-refractivity contribution in [2.45, 2.75) is 61.8 Å². The molecule has 1 aliphatic heterocycles. The number of benzene rings is 8. The van der Waals surface area contributed by atoms with Gasteiger partial charge in [0.1, 0.15) is 6.04 Å². The predicted molar refractivity (Wildman–Crippen MR) is 261 cm³/mol. The molecular formula is C56H53N3O6S. The van der Waals surface area contributed by atoms with E-state index >= 15 is 0 Å². The van der Waals surface area contributed by atoms with Crippen molar-refractivity contribution < 1.29 is 27.8 Å². The quantitative estimate of drug-likeness (QED) is 0.0878. The number of aliphatic hydroxyl groups is 1. The molecule has 1 heterocycles. The van der Waals surface area contributed by atoms with Crippen LogP contribution in [-0.2, 0) is 43.9 Å². The van der Waals surface area contributed by atoms with E-state index in [0.717, 1.165) is 27.8 Å². The molecule has 1 saturated heterocycles. The van der Waals surface area contributed by atoms with E-state index in [-0.39, 0.29) is 29.9 Å². The van der Waals surface area contributed by atoms with Crippen LogP contribution in [0.2, 0.25) is 0 Å². The SMILES string of the molecule is Cc1ccc(S(=O)(=O)NC(Cc2ccccc2)C(=O)Nc2cccc(C3OC(CN(C)Cc4c5ccccc5cc5ccccc45)C(c4ccccc4)C(c4ccc(CO)cc4)O3)c2)cc1. The number of fused-ring (bicyclic) bond motifs is 2. The summed E-state index contributed by atoms with van der Waals surface area (Å²) in [6, 6.07) is 59.6. The van der Waals surface area contributed by atoms with Gasteiger partial charge in [-0.05, 0) is 100 Å². The molecule has 0 radical (unpaired) electrons. The summed E-state index contributed by atoms with van der Waals surface area (Å²) < 4.78 is 44.2. The van der Waals surface area contributed by atoms with Gasteiger partial charge in [-0.3, -0.25) is 9.69 Å². The third-order valence-electron chi connectivity index (χ3n) is 12.4. The van der Waals surface area contributed by atoms with Gasteiger partial charge in [-0.1, -0.05) is 163 Å². The molecule has 9 rings (SSSR count). The van der Waals surface area contributed by atoms with Crippen LogP contribution in [0, 0.1) is 6.92 Å². The van der Waals surface area contributed by atoms with Crippen molar-refractivity contribution in [3.8, 4) is 0 Å². The second-order valence-electron chi connectivity index (χ2n) is 17.2. The van der Waals surface area contributed by atoms with Gasteiger partial charge in [0, 0.05) is 30.3 Å². The van der Waals surface area contributed by atoms with Crippen LogP contribution >= 0.6 is 0 Å². The Balaban J connectivity index is 1.04. The van der Waals surface area contributed by atoms with E-state index in [0.29, 0.717) is 24.3 Å². The number of hydrogen-bond donors (Lipinski definition) is 3. The van der Waals surface area contributed by atoms with Crippen LogP contribution in [0.4, 0.5) is 5.69 Å². The Hall–Kier alpha value is -6.50. The fourth-order valence-electron chi connectivity index (χ4n) is 9.09. The molecule has 0 aromatic heterocycles. The molecule has 9 nitrogen and oxygen atoms in total. The van der Waals surface area contributed by atoms with Crippen LogP contribution in [-0.4, -0.2) is 50.1 Å². The number of nitrogens with one attached hydrogen (secondary N) is 2. The number of amides is 1. The van der Waals surface area contributed by atoms with Gasteiger partial charge in [-0.15, -0.1) is 0 Å². The second kappa shape index (κ2) is 19.9. The van der Waals surface area contributed by atoms with Crippen molar-refractivity contribution >= 4 is 43.2 Å². The van der Waals surface area contributed by atoms with Gasteiger partial charge in [0.15, 0.2) is 6.29 Å². The monoisotopic (exact) mass is 895 g/mol. The van der Waals surface area contributed by atoms with E-state index in [1.165, 1.54) is 39.2 Å². The third kappa shape index (κ3) is 10.1. The zero-order chi connectivity index (χ0) is 45.6. The fraction of sp³-hybridized carbons (Fsp3) is 0.196. The van der Waals surface area contributed by atoms with Crippen LogP contribution in [0.15, 0.2) is 193 Å². The van der Waals surface area contributed by atoms with Gasteiger partial charge < -0.3 is 19.9 Å². The van der Waals surface area contributed by atoms with E-state index in [1.54, 1.807) is 18.2 Å². The standard InChI is InChI=1S/C56H53N3O6S/c1-38-24-30-47(31-25-38)66(62,63)58-51(32-39-14-5-3-6-15-39)55(61)57-46-21-13-20-45(34-46)56-64-52(53(41-16-7-4-8-17-41)54(65-56)42-28-26-40(37-60)27-29-42)36-59(2)35-50-48-22-11-9-18-43(48)33-44-19-10-12-23-49(44)50/h3-31,33-34,51-54,56,58,60H,32,35-37H2,1-2H3,(H,57,61). The number of aryl methyl sites for hydroxylation is 1. The summed E-state index contributed by atoms with van der Waals surface area (Å²) in [4.78, 5) is 16.6. The predicted octanol–water partition coefficient (Wildman–Crippen LogP) is 10.4. The number of sulfonamides is 1. The van der Waals surface area contributed by atoms with Crippen LogP contribution in [0.3, 0.4) is 0 Å². The normalized spacial score (nSPS) is 18.1. The topological polar surface area (TPSA) is 117 Å². The summed E-state index contributed by atoms with van der Waals surface area (Å²) in [5, 5.41) is 17.8. The zero-order valence-corrected chi connectivity index (χ0v) is 37.8. The summed E-state index contributed by atoms with van der Waals surface area (Å²) in [7, 11) is -1.92. The van der Waals surface area contributed by atoms with Crippen LogP contribution < -0.4 is 10.0 Å². The lowest BCUT2D eigenvalue weighted by molar-refractivity contribution is -0.263. The average Bonchev–Trinajstić information content (AvgIpc) is 3.34. The van der Waals surface area contributed by atoms with Crippen molar-refractivity contribution in [1.29, 1.82) is 0 Å². The molecule has 10 heteroatoms. The molecule has 0 aliphatic carbocycles. The first-order valence-corrected chi connectivity index (χ1v) is 23.8. The van der Waals surface area contributed by atoms with Gasteiger partial charge in [0.2, 0.25) is 15.9 Å². The molecule has 66 heavy (non-hydrogen) atoms. The van der Waals surface area contributed by atoms with Crippen molar-refractivity contribution in [3.63, 3.8) is 0 Å². The third-order valence-corrected chi connectivity index (χ3v) is 13.9. The highest BCUT2D eigenvalue weighted by molar-refractivity contribution is 7.89. The highest BCUT2D eigenvalue weighted by atomic mass is 32.2. The molecule has 5 unspecified atom stereocenters. The maximum Gasteiger partial charge on any atom is 0.242 e. The van der Waals surface area contributed by atoms with E-state index in [1.807, 2.05) is 97.9 Å². The van der Waals surface area contributed by atoms with Gasteiger partial charge in [0.25, 0.3) is 0 Å². The number of hydrogen-bond acceptors (Lipinski definition) is 7. The van der Waals surface area contributed by atoms with Crippen LogP contribution in [0.5, 0.6) is 0 Å². The lowest BCUT2D eigenvalue weighted by Crippen LogP contribution is -2.45. The first kappa shape index (κ1) is 44.7. The first-order valence-electron chi connectivity index (χ1n) is 22.3. The molecule has 1 amide bonds. The maximum atomic E-state index is 14.2. The number of carbonyl (C=O) groups excluding carboxylic acids is 1. The summed E-state index contributed by atoms with van der Waals surface area (Å²) in [6.07, 6.45) is -1.54. The highest BCUT2D eigenvalue weighted by Gasteiger charge is 2.42. The minimum Gasteiger partial charge on any atom is -0.392 e. The number of rotatable bonds is 15. The van der Waals surface area contributed by atoms with E-state index < -0.39 is 34.4 Å². The van der Waals surface area contributed by atoms with Gasteiger partial charge in [-0.25, -0.2) is 8.42 Å². The lowest BCUT2D eigenvalue weighted by Gasteiger charge is -2.44. The molecular weight excluding hydrogens is 843 g/mol. The smallest absolute Gasteiger partial charge is 0.242 e. The Labute approximate surface area is 386 Å². The summed E-state index contributed by atoms with van der Waals surface area (Å²) in [5.41, 5.74) is 6.93. The minimum absolute atomic E-state index is 0.0754. The summed E-state index contributed by atoms with van der Waals surface area (Å²) >= 11 is 0. The molecule has 3 N–H and O–H groups in total. The Bertz CT molecular complexity index is 2990. The average molecular weight is 896 g/mol. The summed E-state index contributed by atoms with van der Waals surface area (Å²) in [6.45, 7) is 3.04. The second-order valence-corrected chi connectivity index (χ2v) is 18.9. The highest BCUT2D eigenvalue weighted by Crippen LogP contribution is 2.47. The van der Waals surface area contributed by atoms with Crippen molar-refractivity contribution in [2.24, 2.45) is 0 Å². The molecule has 334 valence electrons. The fourth-order valence-corrected chi connectivity index (χ4v) is 10.3. The number of likely N-dealkylation sites (N-methyl/N-ethyl adjacent to an activating group) is 1. The number of nitrogens with zero attached hydrogens (tertiary/aromatic N) is 1. The first-order chi connectivity index (χ1) is 32.1. The van der Waals surface area contributed by atoms with Gasteiger partial charge in [0.05, 0.1) is 23.7 Å². The van der Waals surface area contributed by atoms with Gasteiger partial charge >= 0.3 is 0 Å². The van der Waals surface area contributed by atoms with E-state index in [9.17, 15) is 18.3 Å². The number of ether oxygens (including phenoxy) is 2. The molecule has 0 saturated carbocycles. The molecule has 5 atom stereocenters. The summed E-state index contributed by atoms with van der Waals surface area (Å²) in [5.74, 6) is -0.735. The number of carbonyl (C=O) groups is 1. The number of aliphatic hydroxyl groups excluding tert-OH is 1. The zero-order valence-electron chi connectivity index (χ0n) is 37.0. The van der Waals surface area contributed by atoms with Crippen LogP contribution in [0.25, 0.3) is 21.5 Å². The van der Waals surface area contributed by atoms with Crippen molar-refractivity contribution in [1.82, 2.24) is 9.62 Å². The maximum absolute atomic E-state index is 14.2. The van der Waals surface area contributed by atoms with Crippen molar-refractivity contribution in [2.75, 3.05) is 18.9 Å². The number of anilines is 1. The molecule has 8 aromatic rings.